The van der Waals surface area contributed by atoms with Crippen LogP contribution in [0.4, 0.5) is 0 Å². The van der Waals surface area contributed by atoms with Crippen LogP contribution in [0.25, 0.3) is 0 Å². The molecule has 0 saturated carbocycles. The minimum absolute atomic E-state index is 0.0734. The lowest BCUT2D eigenvalue weighted by atomic mass is 10.0. The topological polar surface area (TPSA) is 237 Å². The highest BCUT2D eigenvalue weighted by Crippen LogP contribution is 2.45. The van der Waals surface area contributed by atoms with Crippen molar-refractivity contribution >= 4 is 39.5 Å². The van der Waals surface area contributed by atoms with Gasteiger partial charge in [0.2, 0.25) is 0 Å². The van der Waals surface area contributed by atoms with Crippen LogP contribution >= 0.6 is 15.6 Å². The van der Waals surface area contributed by atoms with Crippen LogP contribution in [0.5, 0.6) is 0 Å². The van der Waals surface area contributed by atoms with Crippen molar-refractivity contribution < 1.29 is 80.2 Å². The molecule has 0 aromatic heterocycles. The van der Waals surface area contributed by atoms with Crippen LogP contribution in [0.15, 0.2) is 97.2 Å². The lowest BCUT2D eigenvalue weighted by Crippen LogP contribution is -2.30. The van der Waals surface area contributed by atoms with E-state index in [0.717, 1.165) is 128 Å². The molecule has 0 radical (unpaired) electrons. The summed E-state index contributed by atoms with van der Waals surface area (Å²) in [6.45, 7) is 4.74. The average molecular weight is 1450 g/mol. The van der Waals surface area contributed by atoms with E-state index in [1.807, 2.05) is 12.2 Å². The Morgan fingerprint density at radius 3 is 0.880 bits per heavy atom. The van der Waals surface area contributed by atoms with Gasteiger partial charge >= 0.3 is 39.5 Å². The molecule has 2 unspecified atom stereocenters. The summed E-state index contributed by atoms with van der Waals surface area (Å²) in [6.07, 6.45) is 76.8. The van der Waals surface area contributed by atoms with E-state index in [1.54, 1.807) is 0 Å². The molecule has 0 heterocycles. The quantitative estimate of drug-likeness (QED) is 0.0128. The number of aliphatic hydroxyl groups excluding tert-OH is 1. The fourth-order valence-electron chi connectivity index (χ4n) is 10.5. The van der Waals surface area contributed by atoms with Gasteiger partial charge in [-0.05, 0) is 116 Å². The molecule has 0 aliphatic heterocycles. The van der Waals surface area contributed by atoms with Gasteiger partial charge in [0.1, 0.15) is 19.3 Å². The van der Waals surface area contributed by atoms with E-state index in [-0.39, 0.29) is 25.7 Å². The predicted molar refractivity (Wildman–Crippen MR) is 409 cm³/mol. The molecule has 0 saturated heterocycles. The highest BCUT2D eigenvalue weighted by Gasteiger charge is 2.30. The van der Waals surface area contributed by atoms with Crippen molar-refractivity contribution in [2.24, 2.45) is 0 Å². The van der Waals surface area contributed by atoms with Crippen molar-refractivity contribution in [3.63, 3.8) is 0 Å². The van der Waals surface area contributed by atoms with Crippen LogP contribution in [-0.2, 0) is 65.4 Å². The first-order valence-corrected chi connectivity index (χ1v) is 42.5. The fraction of sp³-hybridized carbons (Fsp3) is 0.753. The molecular formula is C81H142O17P2. The molecule has 17 nitrogen and oxygen atoms in total. The van der Waals surface area contributed by atoms with Crippen LogP contribution in [0.3, 0.4) is 0 Å². The Morgan fingerprint density at radius 2 is 0.530 bits per heavy atom. The molecule has 0 spiro atoms. The lowest BCUT2D eigenvalue weighted by Gasteiger charge is -2.21. The summed E-state index contributed by atoms with van der Waals surface area (Å²) in [6, 6.07) is 0. The van der Waals surface area contributed by atoms with E-state index in [4.69, 9.17) is 37.0 Å². The zero-order valence-electron chi connectivity index (χ0n) is 63.1. The maximum atomic E-state index is 13.1. The van der Waals surface area contributed by atoms with E-state index in [9.17, 15) is 43.2 Å². The molecule has 578 valence electrons. The van der Waals surface area contributed by atoms with Crippen molar-refractivity contribution in [3.8, 4) is 0 Å². The number of allylic oxidation sites excluding steroid dienone is 16. The standard InChI is InChI=1S/C81H142O17P2/c1-5-9-13-17-21-25-29-33-36-37-40-43-46-50-54-58-62-66-79(84)92-71-76(97-80(85)67-63-59-55-51-47-41-32-28-24-20-16-12-8-4)73-95-99(87,88)93-69-75(82)70-94-100(89,90)96-74-77(98-81(86)68-64-60-56-52-48-44-39-35-31-27-23-19-15-11-7-3)72-91-78(83)65-61-57-53-49-45-42-38-34-30-26-22-18-14-10-6-2/h21,25-27,30-31,33-36,38-40,43,50,54,75-77,82H,5-20,22-24,28-29,32,37,41-42,44-49,51-53,55-74H2,1-4H3,(H,87,88)(H,89,90)/b25-21-,30-26-,31-27-,36-33-,38-34-,39-35-,43-40-,54-50-/t75-,76+,77+/m0/s1. The summed E-state index contributed by atoms with van der Waals surface area (Å²) in [4.78, 5) is 72.9. The fourth-order valence-corrected chi connectivity index (χ4v) is 12.1. The third-order valence-electron chi connectivity index (χ3n) is 16.6. The minimum Gasteiger partial charge on any atom is -0.462 e. The molecule has 0 aromatic carbocycles. The molecule has 0 amide bonds. The highest BCUT2D eigenvalue weighted by molar-refractivity contribution is 7.47. The normalized spacial score (nSPS) is 14.4. The number of hydrogen-bond acceptors (Lipinski definition) is 15. The summed E-state index contributed by atoms with van der Waals surface area (Å²) < 4.78 is 68.5. The van der Waals surface area contributed by atoms with Crippen LogP contribution < -0.4 is 0 Å². The number of unbranched alkanes of at least 4 members (excludes halogenated alkanes) is 34. The molecule has 3 N–H and O–H groups in total. The van der Waals surface area contributed by atoms with Crippen molar-refractivity contribution in [2.75, 3.05) is 39.6 Å². The molecule has 5 atom stereocenters. The lowest BCUT2D eigenvalue weighted by molar-refractivity contribution is -0.161. The smallest absolute Gasteiger partial charge is 0.462 e. The maximum Gasteiger partial charge on any atom is 0.472 e. The van der Waals surface area contributed by atoms with Gasteiger partial charge in [-0.2, -0.15) is 0 Å². The largest absolute Gasteiger partial charge is 0.472 e. The Bertz CT molecular complexity index is 2270. The molecular weight excluding hydrogens is 1310 g/mol. The number of esters is 4. The summed E-state index contributed by atoms with van der Waals surface area (Å²) >= 11 is 0. The van der Waals surface area contributed by atoms with E-state index >= 15 is 0 Å². The summed E-state index contributed by atoms with van der Waals surface area (Å²) in [5.41, 5.74) is 0. The second-order valence-electron chi connectivity index (χ2n) is 26.4. The number of rotatable bonds is 74. The number of phosphoric ester groups is 2. The first kappa shape index (κ1) is 96.0. The zero-order valence-corrected chi connectivity index (χ0v) is 64.9. The number of phosphoric acid groups is 2. The number of aliphatic hydroxyl groups is 1. The van der Waals surface area contributed by atoms with Gasteiger partial charge in [-0.15, -0.1) is 0 Å². The molecule has 0 rings (SSSR count). The number of carbonyl (C=O) groups excluding carboxylic acids is 4. The van der Waals surface area contributed by atoms with Crippen LogP contribution in [0.2, 0.25) is 0 Å². The predicted octanol–water partition coefficient (Wildman–Crippen LogP) is 22.8. The van der Waals surface area contributed by atoms with Crippen LogP contribution in [0, 0.1) is 0 Å². The summed E-state index contributed by atoms with van der Waals surface area (Å²) in [7, 11) is -9.97. The summed E-state index contributed by atoms with van der Waals surface area (Å²) in [5.74, 6) is -2.26. The Labute approximate surface area is 607 Å². The average Bonchev–Trinajstić information content (AvgIpc) is 0.965. The molecule has 0 bridgehead atoms. The second-order valence-corrected chi connectivity index (χ2v) is 29.3. The van der Waals surface area contributed by atoms with Crippen LogP contribution in [-0.4, -0.2) is 96.7 Å². The first-order chi connectivity index (χ1) is 48.7. The van der Waals surface area contributed by atoms with Crippen molar-refractivity contribution in [1.82, 2.24) is 0 Å². The molecule has 0 fully saturated rings. The minimum atomic E-state index is -4.99. The Balaban J connectivity index is 5.41. The summed E-state index contributed by atoms with van der Waals surface area (Å²) in [5, 5.41) is 10.6. The molecule has 0 aliphatic carbocycles. The van der Waals surface area contributed by atoms with Crippen molar-refractivity contribution in [3.05, 3.63) is 97.2 Å². The third kappa shape index (κ3) is 72.3. The second kappa shape index (κ2) is 73.3. The van der Waals surface area contributed by atoms with E-state index in [0.29, 0.717) is 32.1 Å². The van der Waals surface area contributed by atoms with Crippen molar-refractivity contribution in [2.45, 2.75) is 354 Å². The SMILES string of the molecule is CCCCC/C=C\C/C=C\C/C=C\C/C=C\CCCC(=O)OC[C@H](COP(=O)(O)OC[C@H](O)COP(=O)(O)OC[C@@H](COC(=O)CCCCCCC/C=C\C=C/CCCCCC)OC(=O)CCCCCCC/C=C\C=C/CCCCCC)OC(=O)CCCCCCCCCCCCCCC. The third-order valence-corrected chi connectivity index (χ3v) is 18.5. The maximum absolute atomic E-state index is 13.1. The molecule has 0 aliphatic rings. The number of hydrogen-bond donors (Lipinski definition) is 3. The van der Waals surface area contributed by atoms with Gasteiger partial charge in [0.25, 0.3) is 0 Å². The van der Waals surface area contributed by atoms with Gasteiger partial charge in [-0.3, -0.25) is 37.3 Å². The monoisotopic (exact) mass is 1450 g/mol. The Kier molecular flexibility index (Phi) is 70.4. The molecule has 0 aromatic rings. The Hall–Kier alpha value is -4.02. The zero-order chi connectivity index (χ0) is 73.2. The van der Waals surface area contributed by atoms with Gasteiger partial charge in [0, 0.05) is 25.7 Å². The van der Waals surface area contributed by atoms with E-state index in [2.05, 4.69) is 113 Å². The van der Waals surface area contributed by atoms with Gasteiger partial charge in [-0.25, -0.2) is 9.13 Å². The first-order valence-electron chi connectivity index (χ1n) is 39.5. The van der Waals surface area contributed by atoms with Gasteiger partial charge in [0.05, 0.1) is 26.4 Å². The van der Waals surface area contributed by atoms with E-state index < -0.39 is 97.5 Å². The van der Waals surface area contributed by atoms with Gasteiger partial charge < -0.3 is 33.8 Å². The Morgan fingerprint density at radius 1 is 0.290 bits per heavy atom. The molecule has 100 heavy (non-hydrogen) atoms. The van der Waals surface area contributed by atoms with E-state index in [1.165, 1.54) is 122 Å². The highest BCUT2D eigenvalue weighted by atomic mass is 31.2. The van der Waals surface area contributed by atoms with Gasteiger partial charge in [0.15, 0.2) is 12.2 Å². The van der Waals surface area contributed by atoms with Crippen LogP contribution in [0.1, 0.15) is 336 Å². The van der Waals surface area contributed by atoms with Crippen molar-refractivity contribution in [1.29, 1.82) is 0 Å². The van der Waals surface area contributed by atoms with Gasteiger partial charge in [-0.1, -0.05) is 292 Å². The number of ether oxygens (including phenoxy) is 4. The molecule has 19 heteroatoms. The number of carbonyl (C=O) groups is 4.